The molecule has 4 aliphatic rings. The van der Waals surface area contributed by atoms with Crippen molar-refractivity contribution >= 4 is 21.7 Å². The van der Waals surface area contributed by atoms with Crippen molar-refractivity contribution in [2.45, 2.75) is 70.8 Å². The van der Waals surface area contributed by atoms with Gasteiger partial charge in [0.05, 0.1) is 5.60 Å². The number of rotatable bonds is 2. The Bertz CT molecular complexity index is 583. The molecule has 4 fully saturated rings. The molecular formula is C22H33BrO2. The number of carbonyl (C=O) groups is 1. The highest BCUT2D eigenvalue weighted by atomic mass is 79.9. The van der Waals surface area contributed by atoms with E-state index in [0.717, 1.165) is 24.6 Å². The highest BCUT2D eigenvalue weighted by Gasteiger charge is 2.59. The third-order valence-corrected chi connectivity index (χ3v) is 9.47. The van der Waals surface area contributed by atoms with Crippen LogP contribution in [0.5, 0.6) is 0 Å². The smallest absolute Gasteiger partial charge is 0.136 e. The van der Waals surface area contributed by atoms with Crippen molar-refractivity contribution in [2.75, 3.05) is 5.33 Å². The van der Waals surface area contributed by atoms with Crippen LogP contribution in [0.4, 0.5) is 0 Å². The molecule has 1 N–H and O–H groups in total. The number of carbonyl (C=O) groups excluding carboxylic acids is 1. The molecule has 0 aromatic carbocycles. The number of allylic oxidation sites excluding steroid dienone is 1. The van der Waals surface area contributed by atoms with Crippen LogP contribution < -0.4 is 0 Å². The van der Waals surface area contributed by atoms with Crippen molar-refractivity contribution < 1.29 is 9.90 Å². The molecule has 2 nitrogen and oxygen atoms in total. The minimum atomic E-state index is -0.626. The van der Waals surface area contributed by atoms with Gasteiger partial charge in [-0.1, -0.05) is 35.0 Å². The summed E-state index contributed by atoms with van der Waals surface area (Å²) in [6, 6.07) is 0. The first-order valence-electron chi connectivity index (χ1n) is 10.3. The van der Waals surface area contributed by atoms with Crippen molar-refractivity contribution in [3.05, 3.63) is 12.2 Å². The standard InChI is InChI=1S/C22H33BrO2/c1-13(12-23)18-4-5-19-16-10-20(24)17-11-21(2,25)8-6-15(17)14(16)7-9-22(18,19)3/h14-19,25H,1,4-12H2,2-3H3/t14-,15-,16-,17+,18-,19+,21+,22-/m1/s1. The second kappa shape index (κ2) is 6.19. The fourth-order valence-electron chi connectivity index (χ4n) is 7.56. The molecule has 0 radical (unpaired) electrons. The van der Waals surface area contributed by atoms with Crippen LogP contribution in [0.25, 0.3) is 0 Å². The van der Waals surface area contributed by atoms with E-state index in [4.69, 9.17) is 0 Å². The molecule has 3 heteroatoms. The lowest BCUT2D eigenvalue weighted by atomic mass is 9.48. The zero-order valence-electron chi connectivity index (χ0n) is 15.8. The molecule has 0 saturated heterocycles. The monoisotopic (exact) mass is 408 g/mol. The second-order valence-corrected chi connectivity index (χ2v) is 10.6. The van der Waals surface area contributed by atoms with Crippen LogP contribution in [0.3, 0.4) is 0 Å². The van der Waals surface area contributed by atoms with Crippen LogP contribution >= 0.6 is 15.9 Å². The van der Waals surface area contributed by atoms with Crippen LogP contribution in [0.15, 0.2) is 12.2 Å². The summed E-state index contributed by atoms with van der Waals surface area (Å²) < 4.78 is 0. The Morgan fingerprint density at radius 1 is 1.16 bits per heavy atom. The van der Waals surface area contributed by atoms with Gasteiger partial charge in [0.1, 0.15) is 5.78 Å². The van der Waals surface area contributed by atoms with E-state index in [1.54, 1.807) is 0 Å². The number of fused-ring (bicyclic) bond motifs is 5. The van der Waals surface area contributed by atoms with E-state index in [1.807, 2.05) is 6.92 Å². The number of Topliss-reactive ketones (excluding diaryl/α,β-unsaturated/α-hetero) is 1. The lowest BCUT2D eigenvalue weighted by Gasteiger charge is -2.56. The summed E-state index contributed by atoms with van der Waals surface area (Å²) in [5.41, 5.74) is 1.08. The van der Waals surface area contributed by atoms with Crippen molar-refractivity contribution in [1.82, 2.24) is 0 Å². The molecule has 25 heavy (non-hydrogen) atoms. The highest BCUT2D eigenvalue weighted by molar-refractivity contribution is 9.09. The van der Waals surface area contributed by atoms with E-state index < -0.39 is 5.60 Å². The van der Waals surface area contributed by atoms with Gasteiger partial charge in [0.15, 0.2) is 0 Å². The third-order valence-electron chi connectivity index (χ3n) is 8.75. The zero-order chi connectivity index (χ0) is 18.0. The number of hydrogen-bond donors (Lipinski definition) is 1. The average Bonchev–Trinajstić information content (AvgIpc) is 2.91. The predicted molar refractivity (Wildman–Crippen MR) is 105 cm³/mol. The molecule has 0 amide bonds. The van der Waals surface area contributed by atoms with E-state index in [2.05, 4.69) is 29.4 Å². The summed E-state index contributed by atoms with van der Waals surface area (Å²) in [7, 11) is 0. The Hall–Kier alpha value is -0.150. The molecule has 0 aliphatic heterocycles. The van der Waals surface area contributed by atoms with Gasteiger partial charge in [-0.05, 0) is 86.9 Å². The minimum absolute atomic E-state index is 0.129. The molecule has 0 unspecified atom stereocenters. The number of aliphatic hydroxyl groups is 1. The summed E-state index contributed by atoms with van der Waals surface area (Å²) in [5, 5.41) is 11.4. The van der Waals surface area contributed by atoms with Gasteiger partial charge in [0, 0.05) is 17.7 Å². The molecule has 4 rings (SSSR count). The van der Waals surface area contributed by atoms with Crippen LogP contribution in [0.1, 0.15) is 65.2 Å². The van der Waals surface area contributed by atoms with E-state index in [0.29, 0.717) is 47.2 Å². The maximum absolute atomic E-state index is 13.0. The molecule has 140 valence electrons. The molecule has 4 aliphatic carbocycles. The second-order valence-electron chi connectivity index (χ2n) is 10.1. The van der Waals surface area contributed by atoms with E-state index in [1.165, 1.54) is 31.3 Å². The van der Waals surface area contributed by atoms with Gasteiger partial charge in [-0.25, -0.2) is 0 Å². The minimum Gasteiger partial charge on any atom is -0.390 e. The van der Waals surface area contributed by atoms with Crippen LogP contribution in [-0.2, 0) is 4.79 Å². The van der Waals surface area contributed by atoms with Gasteiger partial charge in [-0.2, -0.15) is 0 Å². The third kappa shape index (κ3) is 2.79. The molecule has 0 aromatic rings. The van der Waals surface area contributed by atoms with Crippen molar-refractivity contribution in [3.63, 3.8) is 0 Å². The topological polar surface area (TPSA) is 37.3 Å². The van der Waals surface area contributed by atoms with Gasteiger partial charge in [-0.15, -0.1) is 0 Å². The highest BCUT2D eigenvalue weighted by Crippen LogP contribution is 2.65. The van der Waals surface area contributed by atoms with E-state index >= 15 is 0 Å². The van der Waals surface area contributed by atoms with Crippen molar-refractivity contribution in [2.24, 2.45) is 40.9 Å². The summed E-state index contributed by atoms with van der Waals surface area (Å²) >= 11 is 3.62. The van der Waals surface area contributed by atoms with E-state index in [9.17, 15) is 9.90 Å². The van der Waals surface area contributed by atoms with Gasteiger partial charge in [-0.3, -0.25) is 4.79 Å². The lowest BCUT2D eigenvalue weighted by molar-refractivity contribution is -0.148. The Morgan fingerprint density at radius 3 is 2.60 bits per heavy atom. The molecule has 4 saturated carbocycles. The molecular weight excluding hydrogens is 376 g/mol. The van der Waals surface area contributed by atoms with Crippen molar-refractivity contribution in [3.8, 4) is 0 Å². The van der Waals surface area contributed by atoms with Crippen LogP contribution in [-0.4, -0.2) is 21.8 Å². The molecule has 0 spiro atoms. The number of alkyl halides is 1. The SMILES string of the molecule is C=C(CBr)[C@H]1CC[C@H]2[C@@H]3CC(=O)[C@H]4C[C@@](C)(O)CC[C@@H]4[C@H]3CC[C@]12C. The van der Waals surface area contributed by atoms with Gasteiger partial charge < -0.3 is 5.11 Å². The first-order valence-corrected chi connectivity index (χ1v) is 11.4. The van der Waals surface area contributed by atoms with Gasteiger partial charge >= 0.3 is 0 Å². The first kappa shape index (κ1) is 18.2. The number of hydrogen-bond acceptors (Lipinski definition) is 2. The maximum Gasteiger partial charge on any atom is 0.136 e. The fourth-order valence-corrected chi connectivity index (χ4v) is 7.95. The Morgan fingerprint density at radius 2 is 1.88 bits per heavy atom. The first-order chi connectivity index (χ1) is 11.8. The van der Waals surface area contributed by atoms with Crippen LogP contribution in [0, 0.1) is 40.9 Å². The molecule has 8 atom stereocenters. The van der Waals surface area contributed by atoms with Gasteiger partial charge in [0.2, 0.25) is 0 Å². The van der Waals surface area contributed by atoms with Gasteiger partial charge in [0.25, 0.3) is 0 Å². The number of ketones is 1. The summed E-state index contributed by atoms with van der Waals surface area (Å²) in [6.45, 7) is 8.76. The molecule has 0 bridgehead atoms. The predicted octanol–water partition coefficient (Wildman–Crippen LogP) is 5.14. The van der Waals surface area contributed by atoms with Crippen molar-refractivity contribution in [1.29, 1.82) is 0 Å². The summed E-state index contributed by atoms with van der Waals surface area (Å²) in [6.07, 6.45) is 8.49. The summed E-state index contributed by atoms with van der Waals surface area (Å²) in [5.74, 6) is 3.74. The molecule has 0 aromatic heterocycles. The normalized spacial score (nSPS) is 52.2. The average molecular weight is 409 g/mol. The zero-order valence-corrected chi connectivity index (χ0v) is 17.4. The number of halogens is 1. The lowest BCUT2D eigenvalue weighted by Crippen LogP contribution is -2.53. The Kier molecular flexibility index (Phi) is 4.51. The van der Waals surface area contributed by atoms with Crippen LogP contribution in [0.2, 0.25) is 0 Å². The maximum atomic E-state index is 13.0. The Labute approximate surface area is 161 Å². The quantitative estimate of drug-likeness (QED) is 0.507. The fraction of sp³-hybridized carbons (Fsp3) is 0.864. The van der Waals surface area contributed by atoms with E-state index in [-0.39, 0.29) is 5.92 Å². The molecule has 0 heterocycles. The summed E-state index contributed by atoms with van der Waals surface area (Å²) in [4.78, 5) is 13.0. The largest absolute Gasteiger partial charge is 0.390 e. The Balaban J connectivity index is 1.59.